The van der Waals surface area contributed by atoms with Gasteiger partial charge in [0.25, 0.3) is 11.8 Å². The maximum atomic E-state index is 15.6. The first-order chi connectivity index (χ1) is 30.7. The Morgan fingerprint density at radius 3 is 1.65 bits per heavy atom. The van der Waals surface area contributed by atoms with Crippen molar-refractivity contribution in [3.63, 3.8) is 0 Å². The number of methoxy groups -OCH3 is 2. The molecule has 14 nitrogen and oxygen atoms in total. The minimum atomic E-state index is -0.949. The maximum Gasteiger partial charge on any atom is 0.407 e. The zero-order valence-electron chi connectivity index (χ0n) is 34.6. The zero-order chi connectivity index (χ0) is 43.9. The second-order valence-corrected chi connectivity index (χ2v) is 15.2. The van der Waals surface area contributed by atoms with Crippen molar-refractivity contribution in [1.82, 2.24) is 40.4 Å². The number of hydrogen-bond acceptors (Lipinski definition) is 8. The van der Waals surface area contributed by atoms with Crippen LogP contribution in [0.2, 0.25) is 0 Å². The fourth-order valence-electron chi connectivity index (χ4n) is 8.17. The van der Waals surface area contributed by atoms with Crippen molar-refractivity contribution >= 4 is 24.0 Å². The number of hydrogen-bond donors (Lipinski definition) is 4. The minimum Gasteiger partial charge on any atom is -0.453 e. The molecule has 63 heavy (non-hydrogen) atoms. The van der Waals surface area contributed by atoms with Crippen LogP contribution in [0.15, 0.2) is 116 Å². The Bertz CT molecular complexity index is 2660. The van der Waals surface area contributed by atoms with Crippen molar-refractivity contribution in [1.29, 1.82) is 0 Å². The van der Waals surface area contributed by atoms with Gasteiger partial charge in [-0.15, -0.1) is 0 Å². The van der Waals surface area contributed by atoms with Gasteiger partial charge in [0, 0.05) is 29.8 Å². The topological polar surface area (TPSA) is 175 Å². The first-order valence-electron chi connectivity index (χ1n) is 20.6. The van der Waals surface area contributed by atoms with E-state index in [0.717, 1.165) is 29.7 Å². The van der Waals surface area contributed by atoms with Crippen LogP contribution < -0.4 is 10.6 Å². The highest BCUT2D eigenvalue weighted by atomic mass is 19.1. The second kappa shape index (κ2) is 18.9. The summed E-state index contributed by atoms with van der Waals surface area (Å²) < 4.78 is 25.2. The van der Waals surface area contributed by atoms with Gasteiger partial charge in [-0.1, -0.05) is 84.6 Å². The summed E-state index contributed by atoms with van der Waals surface area (Å²) in [5.74, 6) is 6.32. The Morgan fingerprint density at radius 1 is 0.667 bits per heavy atom. The van der Waals surface area contributed by atoms with E-state index in [9.17, 15) is 19.2 Å². The van der Waals surface area contributed by atoms with E-state index in [1.54, 1.807) is 70.7 Å². The number of nitrogens with zero attached hydrogens (tertiary/aromatic N) is 4. The standard InChI is InChI=1S/C48H45FN8O6/c1-62-47(60)54-41(33-11-5-3-6-12-33)45(58)56-25-9-15-39(56)43-50-28-37(52-43)32-22-19-30(20-23-32)17-18-31-21-24-35(36(49)27-31)38-29-51-44(53-38)40-16-10-26-57(40)46(59)42(55-48(61)63-2)34-13-7-4-8-14-34/h3-8,11-14,19-24,27-29,39-42H,9-10,15-16,25-26H2,1-2H3,(H,50,52)(H,51,53)(H,54,60)(H,55,61)/t39-,40-,41+,42+/m0/s1. The number of carbonyl (C=O) groups excluding carboxylic acids is 4. The number of imidazole rings is 2. The van der Waals surface area contributed by atoms with E-state index in [1.165, 1.54) is 20.3 Å². The third-order valence-corrected chi connectivity index (χ3v) is 11.4. The van der Waals surface area contributed by atoms with E-state index >= 15 is 4.39 Å². The smallest absolute Gasteiger partial charge is 0.407 e. The highest BCUT2D eigenvalue weighted by Crippen LogP contribution is 2.36. The van der Waals surface area contributed by atoms with Crippen molar-refractivity contribution < 1.29 is 33.0 Å². The first-order valence-corrected chi connectivity index (χ1v) is 20.6. The lowest BCUT2D eigenvalue weighted by Gasteiger charge is -2.28. The average molecular weight is 849 g/mol. The van der Waals surface area contributed by atoms with Crippen LogP contribution in [0.4, 0.5) is 14.0 Å². The third kappa shape index (κ3) is 9.30. The van der Waals surface area contributed by atoms with Crippen LogP contribution in [-0.4, -0.2) is 81.0 Å². The molecule has 0 bridgehead atoms. The van der Waals surface area contributed by atoms with E-state index in [1.807, 2.05) is 48.5 Å². The van der Waals surface area contributed by atoms with Gasteiger partial charge in [0.1, 0.15) is 29.5 Å². The number of ether oxygens (including phenoxy) is 2. The summed E-state index contributed by atoms with van der Waals surface area (Å²) >= 11 is 0. The predicted molar refractivity (Wildman–Crippen MR) is 231 cm³/mol. The normalized spacial score (nSPS) is 16.7. The molecular formula is C48H45FN8O6. The van der Waals surface area contributed by atoms with Crippen molar-refractivity contribution in [3.05, 3.63) is 155 Å². The molecule has 8 rings (SSSR count). The summed E-state index contributed by atoms with van der Waals surface area (Å²) in [5.41, 5.74) is 4.92. The number of rotatable bonds is 10. The van der Waals surface area contributed by atoms with Gasteiger partial charge in [0.2, 0.25) is 0 Å². The molecule has 2 saturated heterocycles. The predicted octanol–water partition coefficient (Wildman–Crippen LogP) is 7.53. The van der Waals surface area contributed by atoms with Gasteiger partial charge in [-0.05, 0) is 72.7 Å². The maximum absolute atomic E-state index is 15.6. The van der Waals surface area contributed by atoms with Crippen LogP contribution in [0.25, 0.3) is 22.5 Å². The molecule has 4 N–H and O–H groups in total. The van der Waals surface area contributed by atoms with Crippen LogP contribution in [0, 0.1) is 17.7 Å². The Labute approximate surface area is 363 Å². The number of aromatic nitrogens is 4. The summed E-state index contributed by atoms with van der Waals surface area (Å²) in [7, 11) is 2.51. The summed E-state index contributed by atoms with van der Waals surface area (Å²) in [6, 6.07) is 27.8. The number of aromatic amines is 2. The molecule has 0 unspecified atom stereocenters. The fraction of sp³-hybridized carbons (Fsp3) is 0.250. The third-order valence-electron chi connectivity index (χ3n) is 11.4. The number of alkyl carbamates (subject to hydrolysis) is 2. The largest absolute Gasteiger partial charge is 0.453 e. The monoisotopic (exact) mass is 848 g/mol. The number of H-pyrrole nitrogens is 2. The molecule has 6 aromatic rings. The van der Waals surface area contributed by atoms with Gasteiger partial charge in [-0.3, -0.25) is 9.59 Å². The first kappa shape index (κ1) is 42.0. The second-order valence-electron chi connectivity index (χ2n) is 15.2. The lowest BCUT2D eigenvalue weighted by molar-refractivity contribution is -0.135. The van der Waals surface area contributed by atoms with Gasteiger partial charge in [-0.25, -0.2) is 23.9 Å². The van der Waals surface area contributed by atoms with Crippen molar-refractivity contribution in [2.75, 3.05) is 27.3 Å². The highest BCUT2D eigenvalue weighted by Gasteiger charge is 2.38. The number of carbonyl (C=O) groups is 4. The molecule has 2 aliphatic rings. The van der Waals surface area contributed by atoms with Crippen LogP contribution in [0.3, 0.4) is 0 Å². The van der Waals surface area contributed by atoms with E-state index in [0.29, 0.717) is 65.5 Å². The molecule has 2 aromatic heterocycles. The van der Waals surface area contributed by atoms with Crippen molar-refractivity contribution in [2.24, 2.45) is 0 Å². The molecule has 2 fully saturated rings. The molecule has 0 aliphatic carbocycles. The Hall–Kier alpha value is -7.73. The molecule has 4 aromatic carbocycles. The molecule has 2 aliphatic heterocycles. The van der Waals surface area contributed by atoms with Crippen molar-refractivity contribution in [2.45, 2.75) is 49.9 Å². The van der Waals surface area contributed by atoms with Crippen LogP contribution >= 0.6 is 0 Å². The number of amides is 4. The van der Waals surface area contributed by atoms with Gasteiger partial charge in [0.05, 0.1) is 50.1 Å². The molecule has 0 radical (unpaired) electrons. The molecule has 4 atom stereocenters. The number of benzene rings is 4. The molecule has 0 saturated carbocycles. The summed E-state index contributed by atoms with van der Waals surface area (Å²) in [4.78, 5) is 71.4. The molecule has 320 valence electrons. The average Bonchev–Trinajstić information content (AvgIpc) is 4.17. The minimum absolute atomic E-state index is 0.244. The number of likely N-dealkylation sites (tertiary alicyclic amines) is 2. The lowest BCUT2D eigenvalue weighted by atomic mass is 10.0. The SMILES string of the molecule is COC(=O)N[C@@H](C(=O)N1CCC[C@H]1c1ncc(-c2ccc(C#Cc3ccc(-c4cnc([C@@H]5CCCN5C(=O)[C@H](NC(=O)OC)c5ccccc5)[nH]4)c(F)c3)cc2)[nH]1)c1ccccc1. The Kier molecular flexibility index (Phi) is 12.6. The number of halogens is 1. The van der Waals surface area contributed by atoms with E-state index in [-0.39, 0.29) is 17.9 Å². The molecule has 0 spiro atoms. The molecular weight excluding hydrogens is 804 g/mol. The Morgan fingerprint density at radius 2 is 1.14 bits per heavy atom. The molecule has 4 amide bonds. The van der Waals surface area contributed by atoms with Crippen molar-refractivity contribution in [3.8, 4) is 34.4 Å². The van der Waals surface area contributed by atoms with Crippen LogP contribution in [0.1, 0.15) is 83.8 Å². The van der Waals surface area contributed by atoms with Gasteiger partial charge in [-0.2, -0.15) is 0 Å². The van der Waals surface area contributed by atoms with E-state index in [4.69, 9.17) is 9.47 Å². The lowest BCUT2D eigenvalue weighted by Crippen LogP contribution is -2.42. The molecule has 15 heteroatoms. The summed E-state index contributed by atoms with van der Waals surface area (Å²) in [6.45, 7) is 0.994. The summed E-state index contributed by atoms with van der Waals surface area (Å²) in [5, 5.41) is 5.35. The van der Waals surface area contributed by atoms with E-state index < -0.39 is 36.1 Å². The molecule has 4 heterocycles. The fourth-order valence-corrected chi connectivity index (χ4v) is 8.17. The Balaban J connectivity index is 0.918. The van der Waals surface area contributed by atoms with Crippen LogP contribution in [-0.2, 0) is 19.1 Å². The van der Waals surface area contributed by atoms with Crippen LogP contribution in [0.5, 0.6) is 0 Å². The highest BCUT2D eigenvalue weighted by molar-refractivity contribution is 5.88. The van der Waals surface area contributed by atoms with E-state index in [2.05, 4.69) is 42.4 Å². The van der Waals surface area contributed by atoms with Gasteiger partial charge in [0.15, 0.2) is 0 Å². The number of nitrogens with one attached hydrogen (secondary N) is 4. The quantitative estimate of drug-likeness (QED) is 0.102. The zero-order valence-corrected chi connectivity index (χ0v) is 34.6. The van der Waals surface area contributed by atoms with Gasteiger partial charge < -0.3 is 39.9 Å². The van der Waals surface area contributed by atoms with Gasteiger partial charge >= 0.3 is 12.2 Å². The summed E-state index contributed by atoms with van der Waals surface area (Å²) in [6.07, 6.45) is 4.77.